The van der Waals surface area contributed by atoms with Gasteiger partial charge in [-0.25, -0.2) is 4.98 Å². The molecule has 0 aliphatic carbocycles. The fourth-order valence-electron chi connectivity index (χ4n) is 2.01. The van der Waals surface area contributed by atoms with E-state index < -0.39 is 0 Å². The number of carbonyl (C=O) groups excluding carboxylic acids is 1. The van der Waals surface area contributed by atoms with Gasteiger partial charge in [0.25, 0.3) is 5.91 Å². The minimum absolute atomic E-state index is 0.212. The van der Waals surface area contributed by atoms with Crippen LogP contribution in [0.1, 0.15) is 35.1 Å². The van der Waals surface area contributed by atoms with Crippen LogP contribution in [-0.4, -0.2) is 44.2 Å². The topological polar surface area (TPSA) is 76.4 Å². The van der Waals surface area contributed by atoms with E-state index in [1.54, 1.807) is 7.11 Å². The van der Waals surface area contributed by atoms with Crippen LogP contribution in [0.15, 0.2) is 10.7 Å². The summed E-state index contributed by atoms with van der Waals surface area (Å²) in [4.78, 5) is 16.0. The molecule has 2 heterocycles. The number of aromatic nitrogens is 1. The van der Waals surface area contributed by atoms with Crippen LogP contribution >= 0.6 is 0 Å². The molecule has 1 aromatic heterocycles. The summed E-state index contributed by atoms with van der Waals surface area (Å²) in [7, 11) is 1.59. The van der Waals surface area contributed by atoms with Gasteiger partial charge >= 0.3 is 0 Å². The molecule has 6 heteroatoms. The van der Waals surface area contributed by atoms with E-state index in [1.165, 1.54) is 6.26 Å². The van der Waals surface area contributed by atoms with Crippen LogP contribution in [0.4, 0.5) is 0 Å². The van der Waals surface area contributed by atoms with E-state index in [0.717, 1.165) is 25.9 Å². The van der Waals surface area contributed by atoms with Gasteiger partial charge in [-0.1, -0.05) is 0 Å². The predicted molar refractivity (Wildman–Crippen MR) is 65.6 cm³/mol. The highest BCUT2D eigenvalue weighted by molar-refractivity contribution is 5.91. The molecule has 1 amide bonds. The Morgan fingerprint density at radius 1 is 1.61 bits per heavy atom. The number of methoxy groups -OCH3 is 1. The lowest BCUT2D eigenvalue weighted by molar-refractivity contribution is 0.0932. The Balaban J connectivity index is 1.90. The molecule has 0 radical (unpaired) electrons. The second-order valence-corrected chi connectivity index (χ2v) is 4.34. The third-order valence-electron chi connectivity index (χ3n) is 3.03. The third kappa shape index (κ3) is 3.30. The molecule has 1 saturated heterocycles. The van der Waals surface area contributed by atoms with Crippen molar-refractivity contribution in [3.8, 4) is 0 Å². The molecule has 1 fully saturated rings. The van der Waals surface area contributed by atoms with Crippen molar-refractivity contribution >= 4 is 5.91 Å². The summed E-state index contributed by atoms with van der Waals surface area (Å²) in [5.41, 5.74) is 0.347. The predicted octanol–water partition coefficient (Wildman–Crippen LogP) is 0.518. The maximum absolute atomic E-state index is 11.7. The van der Waals surface area contributed by atoms with E-state index in [4.69, 9.17) is 9.15 Å². The molecule has 6 nitrogen and oxygen atoms in total. The smallest absolute Gasteiger partial charge is 0.273 e. The van der Waals surface area contributed by atoms with Gasteiger partial charge in [0.1, 0.15) is 6.26 Å². The van der Waals surface area contributed by atoms with E-state index in [9.17, 15) is 4.79 Å². The first kappa shape index (κ1) is 13.0. The SMILES string of the molecule is COCCNC(=O)c1coc(C2CCNCC2)n1. The number of carbonyl (C=O) groups is 1. The molecule has 100 valence electrons. The van der Waals surface area contributed by atoms with E-state index in [1.807, 2.05) is 0 Å². The summed E-state index contributed by atoms with van der Waals surface area (Å²) in [5, 5.41) is 6.00. The fourth-order valence-corrected chi connectivity index (χ4v) is 2.01. The van der Waals surface area contributed by atoms with Crippen LogP contribution in [0.2, 0.25) is 0 Å². The molecule has 1 aliphatic heterocycles. The molecule has 0 spiro atoms. The zero-order valence-corrected chi connectivity index (χ0v) is 10.6. The molecule has 1 aromatic rings. The van der Waals surface area contributed by atoms with Crippen molar-refractivity contribution in [1.82, 2.24) is 15.6 Å². The molecule has 2 rings (SSSR count). The lowest BCUT2D eigenvalue weighted by atomic mass is 9.98. The summed E-state index contributed by atoms with van der Waals surface area (Å²) >= 11 is 0. The summed E-state index contributed by atoms with van der Waals surface area (Å²) in [6, 6.07) is 0. The Labute approximate surface area is 106 Å². The number of nitrogens with one attached hydrogen (secondary N) is 2. The van der Waals surface area contributed by atoms with Gasteiger partial charge in [-0.3, -0.25) is 4.79 Å². The van der Waals surface area contributed by atoms with Gasteiger partial charge in [-0.2, -0.15) is 0 Å². The number of hydrogen-bond donors (Lipinski definition) is 2. The Morgan fingerprint density at radius 2 is 2.39 bits per heavy atom. The lowest BCUT2D eigenvalue weighted by Crippen LogP contribution is -2.28. The van der Waals surface area contributed by atoms with Crippen LogP contribution in [0.3, 0.4) is 0 Å². The number of nitrogens with zero attached hydrogens (tertiary/aromatic N) is 1. The quantitative estimate of drug-likeness (QED) is 0.748. The van der Waals surface area contributed by atoms with Crippen LogP contribution in [-0.2, 0) is 4.74 Å². The molecule has 0 atom stereocenters. The minimum atomic E-state index is -0.212. The highest BCUT2D eigenvalue weighted by atomic mass is 16.5. The van der Waals surface area contributed by atoms with Crippen molar-refractivity contribution < 1.29 is 13.9 Å². The van der Waals surface area contributed by atoms with Crippen LogP contribution < -0.4 is 10.6 Å². The van der Waals surface area contributed by atoms with Crippen LogP contribution in [0, 0.1) is 0 Å². The standard InChI is InChI=1S/C12H19N3O3/c1-17-7-6-14-11(16)10-8-18-12(15-10)9-2-4-13-5-3-9/h8-9,13H,2-7H2,1H3,(H,14,16). The summed E-state index contributed by atoms with van der Waals surface area (Å²) < 4.78 is 10.3. The third-order valence-corrected chi connectivity index (χ3v) is 3.03. The maximum atomic E-state index is 11.7. The monoisotopic (exact) mass is 253 g/mol. The number of rotatable bonds is 5. The van der Waals surface area contributed by atoms with Crippen LogP contribution in [0.25, 0.3) is 0 Å². The van der Waals surface area contributed by atoms with Gasteiger partial charge in [0.2, 0.25) is 0 Å². The summed E-state index contributed by atoms with van der Waals surface area (Å²) in [6.07, 6.45) is 3.44. The second kappa shape index (κ2) is 6.51. The van der Waals surface area contributed by atoms with Crippen molar-refractivity contribution in [3.63, 3.8) is 0 Å². The highest BCUT2D eigenvalue weighted by Crippen LogP contribution is 2.24. The van der Waals surface area contributed by atoms with Gasteiger partial charge in [-0.15, -0.1) is 0 Å². The average Bonchev–Trinajstić information content (AvgIpc) is 2.89. The normalized spacial score (nSPS) is 16.7. The average molecular weight is 253 g/mol. The van der Waals surface area contributed by atoms with Crippen molar-refractivity contribution in [1.29, 1.82) is 0 Å². The maximum Gasteiger partial charge on any atom is 0.273 e. The summed E-state index contributed by atoms with van der Waals surface area (Å²) in [6.45, 7) is 2.92. The van der Waals surface area contributed by atoms with E-state index >= 15 is 0 Å². The van der Waals surface area contributed by atoms with E-state index in [-0.39, 0.29) is 5.91 Å². The first-order valence-electron chi connectivity index (χ1n) is 6.24. The number of amides is 1. The number of ether oxygens (including phenoxy) is 1. The zero-order valence-electron chi connectivity index (χ0n) is 10.6. The molecule has 18 heavy (non-hydrogen) atoms. The van der Waals surface area contributed by atoms with Crippen molar-refractivity contribution in [2.24, 2.45) is 0 Å². The molecule has 0 aromatic carbocycles. The highest BCUT2D eigenvalue weighted by Gasteiger charge is 2.21. The Hall–Kier alpha value is -1.40. The first-order chi connectivity index (χ1) is 8.81. The van der Waals surface area contributed by atoms with E-state index in [2.05, 4.69) is 15.6 Å². The van der Waals surface area contributed by atoms with Gasteiger partial charge in [-0.05, 0) is 25.9 Å². The second-order valence-electron chi connectivity index (χ2n) is 4.34. The number of hydrogen-bond acceptors (Lipinski definition) is 5. The largest absolute Gasteiger partial charge is 0.448 e. The molecular weight excluding hydrogens is 234 g/mol. The van der Waals surface area contributed by atoms with E-state index in [0.29, 0.717) is 30.7 Å². The Kier molecular flexibility index (Phi) is 4.72. The van der Waals surface area contributed by atoms with Crippen molar-refractivity contribution in [3.05, 3.63) is 17.8 Å². The van der Waals surface area contributed by atoms with Gasteiger partial charge in [0.15, 0.2) is 11.6 Å². The Bertz CT molecular complexity index is 386. The zero-order chi connectivity index (χ0) is 12.8. The minimum Gasteiger partial charge on any atom is -0.448 e. The number of piperidine rings is 1. The Morgan fingerprint density at radius 3 is 3.11 bits per heavy atom. The molecular formula is C12H19N3O3. The van der Waals surface area contributed by atoms with Gasteiger partial charge in [0, 0.05) is 19.6 Å². The van der Waals surface area contributed by atoms with Crippen molar-refractivity contribution in [2.75, 3.05) is 33.4 Å². The van der Waals surface area contributed by atoms with Gasteiger partial charge in [0.05, 0.1) is 6.61 Å². The molecule has 1 aliphatic rings. The molecule has 0 bridgehead atoms. The summed E-state index contributed by atoms with van der Waals surface area (Å²) in [5.74, 6) is 0.788. The van der Waals surface area contributed by atoms with Gasteiger partial charge < -0.3 is 19.8 Å². The number of oxazole rings is 1. The fraction of sp³-hybridized carbons (Fsp3) is 0.667. The molecule has 0 saturated carbocycles. The van der Waals surface area contributed by atoms with Crippen molar-refractivity contribution in [2.45, 2.75) is 18.8 Å². The molecule has 2 N–H and O–H groups in total. The molecule has 0 unspecified atom stereocenters. The van der Waals surface area contributed by atoms with Crippen LogP contribution in [0.5, 0.6) is 0 Å². The first-order valence-corrected chi connectivity index (χ1v) is 6.24. The lowest BCUT2D eigenvalue weighted by Gasteiger charge is -2.19.